The molecule has 0 aromatic carbocycles. The van der Waals surface area contributed by atoms with Crippen molar-refractivity contribution >= 4 is 21.8 Å². The molecule has 7 nitrogen and oxygen atoms in total. The van der Waals surface area contributed by atoms with Crippen LogP contribution in [0.2, 0.25) is 0 Å². The zero-order chi connectivity index (χ0) is 16.2. The molecule has 0 aromatic heterocycles. The van der Waals surface area contributed by atoms with Crippen molar-refractivity contribution in [2.45, 2.75) is 45.2 Å². The Morgan fingerprint density at radius 1 is 1.29 bits per heavy atom. The summed E-state index contributed by atoms with van der Waals surface area (Å²) in [5, 5.41) is 2.89. The van der Waals surface area contributed by atoms with Crippen molar-refractivity contribution in [2.24, 2.45) is 0 Å². The van der Waals surface area contributed by atoms with Gasteiger partial charge in [0.05, 0.1) is 18.2 Å². The lowest BCUT2D eigenvalue weighted by Crippen LogP contribution is -2.44. The van der Waals surface area contributed by atoms with E-state index in [-0.39, 0.29) is 36.6 Å². The number of carbonyl (C=O) groups excluding carboxylic acids is 2. The standard InChI is InChI=1S/C13H25N3O4S/c1-5-10(6-2)16-12(17)9-11(13(16)18)14-7-8-21(19,20)15(3)4/h10-11,14H,5-9H2,1-4H3. The van der Waals surface area contributed by atoms with E-state index in [1.807, 2.05) is 13.8 Å². The van der Waals surface area contributed by atoms with E-state index >= 15 is 0 Å². The molecule has 0 aliphatic carbocycles. The Balaban J connectivity index is 2.60. The van der Waals surface area contributed by atoms with Crippen LogP contribution in [0.5, 0.6) is 0 Å². The van der Waals surface area contributed by atoms with Gasteiger partial charge < -0.3 is 5.32 Å². The van der Waals surface area contributed by atoms with Crippen molar-refractivity contribution < 1.29 is 18.0 Å². The molecular formula is C13H25N3O4S. The first-order valence-electron chi connectivity index (χ1n) is 7.24. The maximum Gasteiger partial charge on any atom is 0.247 e. The average molecular weight is 319 g/mol. The molecule has 0 saturated carbocycles. The van der Waals surface area contributed by atoms with Gasteiger partial charge in [-0.3, -0.25) is 14.5 Å². The molecule has 2 amide bonds. The topological polar surface area (TPSA) is 86.8 Å². The molecule has 0 spiro atoms. The van der Waals surface area contributed by atoms with E-state index in [1.54, 1.807) is 0 Å². The first-order valence-corrected chi connectivity index (χ1v) is 8.85. The smallest absolute Gasteiger partial charge is 0.247 e. The van der Waals surface area contributed by atoms with Crippen LogP contribution in [0.4, 0.5) is 0 Å². The normalized spacial score (nSPS) is 20.1. The molecular weight excluding hydrogens is 294 g/mol. The fraction of sp³-hybridized carbons (Fsp3) is 0.846. The summed E-state index contributed by atoms with van der Waals surface area (Å²) >= 11 is 0. The van der Waals surface area contributed by atoms with Gasteiger partial charge in [0.15, 0.2) is 0 Å². The van der Waals surface area contributed by atoms with Gasteiger partial charge in [0, 0.05) is 26.7 Å². The van der Waals surface area contributed by atoms with E-state index in [0.717, 1.165) is 17.1 Å². The number of carbonyl (C=O) groups is 2. The highest BCUT2D eigenvalue weighted by molar-refractivity contribution is 7.89. The predicted octanol–water partition coefficient (Wildman–Crippen LogP) is -0.216. The zero-order valence-electron chi connectivity index (χ0n) is 13.1. The van der Waals surface area contributed by atoms with E-state index in [9.17, 15) is 18.0 Å². The highest BCUT2D eigenvalue weighted by atomic mass is 32.2. The summed E-state index contributed by atoms with van der Waals surface area (Å²) in [4.78, 5) is 25.5. The van der Waals surface area contributed by atoms with E-state index < -0.39 is 16.1 Å². The van der Waals surface area contributed by atoms with E-state index in [1.165, 1.54) is 19.0 Å². The lowest BCUT2D eigenvalue weighted by molar-refractivity contribution is -0.141. The molecule has 1 fully saturated rings. The van der Waals surface area contributed by atoms with Crippen molar-refractivity contribution in [1.29, 1.82) is 0 Å². The molecule has 1 aliphatic heterocycles. The highest BCUT2D eigenvalue weighted by Gasteiger charge is 2.41. The third-order valence-electron chi connectivity index (χ3n) is 3.80. The Morgan fingerprint density at radius 3 is 2.33 bits per heavy atom. The average Bonchev–Trinajstić information content (AvgIpc) is 2.68. The molecule has 8 heteroatoms. The number of nitrogens with one attached hydrogen (secondary N) is 1. The monoisotopic (exact) mass is 319 g/mol. The largest absolute Gasteiger partial charge is 0.304 e. The molecule has 0 radical (unpaired) electrons. The summed E-state index contributed by atoms with van der Waals surface area (Å²) in [5.74, 6) is -0.513. The molecule has 0 aromatic rings. The minimum absolute atomic E-state index is 0.0673. The van der Waals surface area contributed by atoms with Gasteiger partial charge in [-0.1, -0.05) is 13.8 Å². The van der Waals surface area contributed by atoms with Crippen molar-refractivity contribution in [1.82, 2.24) is 14.5 Å². The maximum absolute atomic E-state index is 12.2. The third kappa shape index (κ3) is 4.24. The number of hydrogen-bond donors (Lipinski definition) is 1. The van der Waals surface area contributed by atoms with Crippen LogP contribution >= 0.6 is 0 Å². The lowest BCUT2D eigenvalue weighted by atomic mass is 10.1. The van der Waals surface area contributed by atoms with Gasteiger partial charge in [-0.15, -0.1) is 0 Å². The summed E-state index contributed by atoms with van der Waals surface area (Å²) < 4.78 is 24.4. The number of hydrogen-bond acceptors (Lipinski definition) is 5. The number of amides is 2. The first kappa shape index (κ1) is 18.1. The molecule has 1 aliphatic rings. The summed E-state index contributed by atoms with van der Waals surface area (Å²) in [7, 11) is -0.366. The van der Waals surface area contributed by atoms with Crippen LogP contribution in [-0.2, 0) is 19.6 Å². The van der Waals surface area contributed by atoms with Crippen molar-refractivity contribution in [3.8, 4) is 0 Å². The van der Waals surface area contributed by atoms with Crippen LogP contribution < -0.4 is 5.32 Å². The van der Waals surface area contributed by atoms with Crippen LogP contribution in [0.25, 0.3) is 0 Å². The Morgan fingerprint density at radius 2 is 1.86 bits per heavy atom. The van der Waals surface area contributed by atoms with Crippen LogP contribution in [0.15, 0.2) is 0 Å². The molecule has 1 rings (SSSR count). The Bertz CT molecular complexity index is 486. The second-order valence-electron chi connectivity index (χ2n) is 5.38. The fourth-order valence-electron chi connectivity index (χ4n) is 2.39. The quantitative estimate of drug-likeness (QED) is 0.625. The van der Waals surface area contributed by atoms with Gasteiger partial charge in [0.1, 0.15) is 0 Å². The first-order chi connectivity index (χ1) is 9.74. The van der Waals surface area contributed by atoms with Crippen LogP contribution in [0.1, 0.15) is 33.1 Å². The summed E-state index contributed by atoms with van der Waals surface area (Å²) in [6.07, 6.45) is 1.57. The maximum atomic E-state index is 12.2. The Labute approximate surface area is 126 Å². The minimum atomic E-state index is -3.30. The highest BCUT2D eigenvalue weighted by Crippen LogP contribution is 2.20. The van der Waals surface area contributed by atoms with Gasteiger partial charge in [0.25, 0.3) is 0 Å². The SMILES string of the molecule is CCC(CC)N1C(=O)CC(NCCS(=O)(=O)N(C)C)C1=O. The zero-order valence-corrected chi connectivity index (χ0v) is 13.9. The summed E-state index contributed by atoms with van der Waals surface area (Å²) in [5.41, 5.74) is 0. The van der Waals surface area contributed by atoms with Gasteiger partial charge in [-0.25, -0.2) is 12.7 Å². The molecule has 0 bridgehead atoms. The third-order valence-corrected chi connectivity index (χ3v) is 5.63. The number of rotatable bonds is 8. The van der Waals surface area contributed by atoms with Crippen LogP contribution in [0, 0.1) is 0 Å². The van der Waals surface area contributed by atoms with E-state index in [0.29, 0.717) is 0 Å². The minimum Gasteiger partial charge on any atom is -0.304 e. The van der Waals surface area contributed by atoms with Gasteiger partial charge >= 0.3 is 0 Å². The van der Waals surface area contributed by atoms with Crippen LogP contribution in [-0.4, -0.2) is 67.9 Å². The lowest BCUT2D eigenvalue weighted by Gasteiger charge is -2.24. The van der Waals surface area contributed by atoms with Gasteiger partial charge in [0.2, 0.25) is 21.8 Å². The van der Waals surface area contributed by atoms with Crippen molar-refractivity contribution in [3.63, 3.8) is 0 Å². The summed E-state index contributed by atoms with van der Waals surface area (Å²) in [6.45, 7) is 4.04. The van der Waals surface area contributed by atoms with Crippen molar-refractivity contribution in [2.75, 3.05) is 26.4 Å². The van der Waals surface area contributed by atoms with E-state index in [2.05, 4.69) is 5.32 Å². The van der Waals surface area contributed by atoms with Gasteiger partial charge in [-0.2, -0.15) is 0 Å². The van der Waals surface area contributed by atoms with E-state index in [4.69, 9.17) is 0 Å². The number of nitrogens with zero attached hydrogens (tertiary/aromatic N) is 2. The molecule has 122 valence electrons. The Kier molecular flexibility index (Phi) is 6.30. The van der Waals surface area contributed by atoms with Crippen LogP contribution in [0.3, 0.4) is 0 Å². The predicted molar refractivity (Wildman–Crippen MR) is 80.1 cm³/mol. The molecule has 1 saturated heterocycles. The molecule has 1 N–H and O–H groups in total. The molecule has 1 unspecified atom stereocenters. The van der Waals surface area contributed by atoms with Gasteiger partial charge in [-0.05, 0) is 12.8 Å². The fourth-order valence-corrected chi connectivity index (χ4v) is 3.13. The molecule has 1 atom stereocenters. The van der Waals surface area contributed by atoms with Crippen molar-refractivity contribution in [3.05, 3.63) is 0 Å². The molecule has 21 heavy (non-hydrogen) atoms. The number of likely N-dealkylation sites (tertiary alicyclic amines) is 1. The second kappa shape index (κ2) is 7.33. The second-order valence-corrected chi connectivity index (χ2v) is 7.68. The number of imide groups is 1. The number of sulfonamides is 1. The Hall–Kier alpha value is -0.990. The summed E-state index contributed by atoms with van der Waals surface area (Å²) in [6, 6.07) is -0.669. The molecule has 1 heterocycles.